The molecule has 0 bridgehead atoms. The topological polar surface area (TPSA) is 58.6 Å². The van der Waals surface area contributed by atoms with Gasteiger partial charge < -0.3 is 15.2 Å². The highest BCUT2D eigenvalue weighted by molar-refractivity contribution is 5.78. The van der Waals surface area contributed by atoms with Crippen LogP contribution in [0, 0.1) is 5.92 Å². The molecule has 0 spiro atoms. The molecule has 0 amide bonds. The van der Waals surface area contributed by atoms with E-state index in [1.54, 1.807) is 14.0 Å². The smallest absolute Gasteiger partial charge is 0.323 e. The summed E-state index contributed by atoms with van der Waals surface area (Å²) in [5.41, 5.74) is -0.881. The fourth-order valence-electron chi connectivity index (χ4n) is 1.48. The van der Waals surface area contributed by atoms with Crippen molar-refractivity contribution < 1.29 is 14.6 Å². The van der Waals surface area contributed by atoms with Crippen LogP contribution in [0.15, 0.2) is 0 Å². The van der Waals surface area contributed by atoms with Crippen LogP contribution in [-0.4, -0.2) is 36.9 Å². The summed E-state index contributed by atoms with van der Waals surface area (Å²) >= 11 is 0. The maximum absolute atomic E-state index is 11.0. The molecule has 0 aliphatic heterocycles. The number of hydrogen-bond donors (Lipinski definition) is 2. The molecule has 0 rings (SSSR count). The summed E-state index contributed by atoms with van der Waals surface area (Å²) in [7, 11) is 1.66. The second-order valence-electron chi connectivity index (χ2n) is 4.61. The molecule has 0 saturated carbocycles. The molecule has 0 aliphatic rings. The Hall–Kier alpha value is -0.610. The van der Waals surface area contributed by atoms with Crippen molar-refractivity contribution in [1.29, 1.82) is 0 Å². The Bertz CT molecular complexity index is 208. The lowest BCUT2D eigenvalue weighted by Gasteiger charge is -2.24. The van der Waals surface area contributed by atoms with Gasteiger partial charge in [0.05, 0.1) is 0 Å². The van der Waals surface area contributed by atoms with Gasteiger partial charge in [-0.1, -0.05) is 20.3 Å². The summed E-state index contributed by atoms with van der Waals surface area (Å²) < 4.78 is 5.49. The molecule has 0 aromatic heterocycles. The van der Waals surface area contributed by atoms with Crippen LogP contribution in [0.3, 0.4) is 0 Å². The predicted octanol–water partition coefficient (Wildman–Crippen LogP) is 1.89. The van der Waals surface area contributed by atoms with Crippen LogP contribution in [0.1, 0.15) is 40.0 Å². The Kier molecular flexibility index (Phi) is 7.34. The van der Waals surface area contributed by atoms with E-state index in [1.807, 2.05) is 0 Å². The van der Waals surface area contributed by atoms with Crippen LogP contribution in [-0.2, 0) is 9.53 Å². The number of nitrogens with one attached hydrogen (secondary N) is 1. The third-order valence-electron chi connectivity index (χ3n) is 2.95. The first kappa shape index (κ1) is 15.4. The SMILES string of the molecule is CCCC(C)COCCC(C)(NC)C(=O)O. The van der Waals surface area contributed by atoms with Crippen molar-refractivity contribution >= 4 is 5.97 Å². The molecule has 2 atom stereocenters. The summed E-state index contributed by atoms with van der Waals surface area (Å²) in [5.74, 6) is -0.282. The molecule has 4 heteroatoms. The minimum Gasteiger partial charge on any atom is -0.480 e. The lowest BCUT2D eigenvalue weighted by molar-refractivity contribution is -0.144. The van der Waals surface area contributed by atoms with Crippen molar-refractivity contribution in [3.63, 3.8) is 0 Å². The summed E-state index contributed by atoms with van der Waals surface area (Å²) in [5, 5.41) is 11.8. The maximum Gasteiger partial charge on any atom is 0.323 e. The van der Waals surface area contributed by atoms with Gasteiger partial charge in [0.2, 0.25) is 0 Å². The lowest BCUT2D eigenvalue weighted by atomic mass is 9.99. The molecular formula is C12H25NO3. The molecule has 2 N–H and O–H groups in total. The fourth-order valence-corrected chi connectivity index (χ4v) is 1.48. The third-order valence-corrected chi connectivity index (χ3v) is 2.95. The first-order valence-electron chi connectivity index (χ1n) is 5.96. The zero-order valence-corrected chi connectivity index (χ0v) is 10.9. The number of aliphatic carboxylic acids is 1. The highest BCUT2D eigenvalue weighted by atomic mass is 16.5. The Labute approximate surface area is 98.4 Å². The van der Waals surface area contributed by atoms with Gasteiger partial charge in [-0.2, -0.15) is 0 Å². The van der Waals surface area contributed by atoms with Crippen LogP contribution >= 0.6 is 0 Å². The first-order valence-corrected chi connectivity index (χ1v) is 5.96. The van der Waals surface area contributed by atoms with Crippen LogP contribution in [0.4, 0.5) is 0 Å². The van der Waals surface area contributed by atoms with Gasteiger partial charge in [0, 0.05) is 13.2 Å². The number of ether oxygens (including phenoxy) is 1. The van der Waals surface area contributed by atoms with Gasteiger partial charge in [0.15, 0.2) is 0 Å². The van der Waals surface area contributed by atoms with Gasteiger partial charge in [-0.05, 0) is 32.7 Å². The van der Waals surface area contributed by atoms with E-state index >= 15 is 0 Å². The predicted molar refractivity (Wildman–Crippen MR) is 64.6 cm³/mol. The molecule has 0 heterocycles. The van der Waals surface area contributed by atoms with Gasteiger partial charge in [-0.3, -0.25) is 4.79 Å². The monoisotopic (exact) mass is 231 g/mol. The van der Waals surface area contributed by atoms with Gasteiger partial charge in [-0.15, -0.1) is 0 Å². The zero-order valence-electron chi connectivity index (χ0n) is 10.9. The number of rotatable bonds is 9. The Balaban J connectivity index is 3.76. The average Bonchev–Trinajstić information content (AvgIpc) is 2.24. The molecule has 0 aromatic carbocycles. The van der Waals surface area contributed by atoms with Crippen LogP contribution in [0.5, 0.6) is 0 Å². The number of carbonyl (C=O) groups is 1. The molecule has 0 aromatic rings. The Morgan fingerprint density at radius 3 is 2.62 bits per heavy atom. The molecule has 4 nitrogen and oxygen atoms in total. The van der Waals surface area contributed by atoms with Gasteiger partial charge in [-0.25, -0.2) is 0 Å². The highest BCUT2D eigenvalue weighted by Gasteiger charge is 2.30. The van der Waals surface area contributed by atoms with Crippen molar-refractivity contribution in [2.45, 2.75) is 45.6 Å². The van der Waals surface area contributed by atoms with E-state index in [2.05, 4.69) is 19.2 Å². The van der Waals surface area contributed by atoms with E-state index in [4.69, 9.17) is 9.84 Å². The van der Waals surface area contributed by atoms with E-state index in [0.717, 1.165) is 12.8 Å². The second-order valence-corrected chi connectivity index (χ2v) is 4.61. The summed E-state index contributed by atoms with van der Waals surface area (Å²) in [6.45, 7) is 7.18. The number of likely N-dealkylation sites (N-methyl/N-ethyl adjacent to an activating group) is 1. The first-order chi connectivity index (χ1) is 7.46. The summed E-state index contributed by atoms with van der Waals surface area (Å²) in [6.07, 6.45) is 2.80. The van der Waals surface area contributed by atoms with Gasteiger partial charge >= 0.3 is 5.97 Å². The summed E-state index contributed by atoms with van der Waals surface area (Å²) in [6, 6.07) is 0. The van der Waals surface area contributed by atoms with Crippen LogP contribution in [0.2, 0.25) is 0 Å². The molecule has 0 radical (unpaired) electrons. The van der Waals surface area contributed by atoms with Gasteiger partial charge in [0.25, 0.3) is 0 Å². The molecule has 16 heavy (non-hydrogen) atoms. The Morgan fingerprint density at radius 2 is 2.19 bits per heavy atom. The Morgan fingerprint density at radius 1 is 1.56 bits per heavy atom. The number of hydrogen-bond acceptors (Lipinski definition) is 3. The van der Waals surface area contributed by atoms with Crippen molar-refractivity contribution in [1.82, 2.24) is 5.32 Å². The minimum atomic E-state index is -0.881. The summed E-state index contributed by atoms with van der Waals surface area (Å²) in [4.78, 5) is 11.0. The van der Waals surface area contributed by atoms with E-state index in [0.29, 0.717) is 25.6 Å². The van der Waals surface area contributed by atoms with Gasteiger partial charge in [0.1, 0.15) is 5.54 Å². The van der Waals surface area contributed by atoms with E-state index in [-0.39, 0.29) is 0 Å². The van der Waals surface area contributed by atoms with Crippen LogP contribution < -0.4 is 5.32 Å². The largest absolute Gasteiger partial charge is 0.480 e. The number of carboxylic acid groups (broad SMARTS) is 1. The fraction of sp³-hybridized carbons (Fsp3) is 0.917. The molecule has 2 unspecified atom stereocenters. The third kappa shape index (κ3) is 5.47. The van der Waals surface area contributed by atoms with E-state index in [1.165, 1.54) is 0 Å². The standard InChI is InChI=1S/C12H25NO3/c1-5-6-10(2)9-16-8-7-12(3,13-4)11(14)15/h10,13H,5-9H2,1-4H3,(H,14,15). The normalized spacial score (nSPS) is 16.8. The molecule has 0 saturated heterocycles. The van der Waals surface area contributed by atoms with Crippen molar-refractivity contribution in [3.8, 4) is 0 Å². The van der Waals surface area contributed by atoms with Crippen molar-refractivity contribution in [2.75, 3.05) is 20.3 Å². The molecule has 0 aliphatic carbocycles. The highest BCUT2D eigenvalue weighted by Crippen LogP contribution is 2.11. The zero-order chi connectivity index (χ0) is 12.6. The molecule has 0 fully saturated rings. The minimum absolute atomic E-state index is 0.484. The maximum atomic E-state index is 11.0. The second kappa shape index (κ2) is 7.63. The number of carboxylic acids is 1. The van der Waals surface area contributed by atoms with E-state index in [9.17, 15) is 4.79 Å². The lowest BCUT2D eigenvalue weighted by Crippen LogP contribution is -2.48. The van der Waals surface area contributed by atoms with E-state index < -0.39 is 11.5 Å². The quantitative estimate of drug-likeness (QED) is 0.595. The van der Waals surface area contributed by atoms with Crippen molar-refractivity contribution in [2.24, 2.45) is 5.92 Å². The van der Waals surface area contributed by atoms with Crippen molar-refractivity contribution in [3.05, 3.63) is 0 Å². The van der Waals surface area contributed by atoms with Crippen LogP contribution in [0.25, 0.3) is 0 Å². The molecular weight excluding hydrogens is 206 g/mol. The average molecular weight is 231 g/mol. The molecule has 96 valence electrons.